The number of benzene rings is 1. The molecular formula is C15H16N2O2. The molecule has 0 saturated carbocycles. The first-order valence-electron chi connectivity index (χ1n) is 6.00. The smallest absolute Gasteiger partial charge is 0.0976 e. The van der Waals surface area contributed by atoms with Gasteiger partial charge in [0.1, 0.15) is 0 Å². The number of hydrogen-bond donors (Lipinski definition) is 2. The molecule has 1 aromatic carbocycles. The molecule has 0 aliphatic rings. The van der Waals surface area contributed by atoms with Gasteiger partial charge in [0.2, 0.25) is 0 Å². The molecule has 2 N–H and O–H groups in total. The van der Waals surface area contributed by atoms with Crippen LogP contribution in [0.1, 0.15) is 5.69 Å². The highest BCUT2D eigenvalue weighted by Crippen LogP contribution is 2.18. The quantitative estimate of drug-likeness (QED) is 0.614. The summed E-state index contributed by atoms with van der Waals surface area (Å²) in [4.78, 5) is 9.30. The zero-order valence-corrected chi connectivity index (χ0v) is 10.5. The molecule has 0 aliphatic heterocycles. The summed E-state index contributed by atoms with van der Waals surface area (Å²) in [6.07, 6.45) is 1.80. The molecule has 2 rings (SSSR count). The van der Waals surface area contributed by atoms with Gasteiger partial charge in [0.05, 0.1) is 24.6 Å². The maximum atomic E-state index is 8.60. The Bertz CT molecular complexity index is 524. The van der Waals surface area contributed by atoms with Crippen molar-refractivity contribution in [2.24, 2.45) is 0 Å². The minimum Gasteiger partial charge on any atom is -0.394 e. The first-order chi connectivity index (χ1) is 9.31. The van der Waals surface area contributed by atoms with Crippen molar-refractivity contribution in [2.45, 2.75) is 0 Å². The molecule has 98 valence electrons. The standard InChI is InChI=1S/C15H16N2O2/c1-12(17-19-10-9-18)15-8-7-14(11-16-15)13-5-3-2-4-6-13/h2-8,11,17-18H,1,9-10H2. The fraction of sp³-hybridized carbons (Fsp3) is 0.133. The van der Waals surface area contributed by atoms with Gasteiger partial charge in [-0.3, -0.25) is 15.3 Å². The van der Waals surface area contributed by atoms with E-state index in [4.69, 9.17) is 9.94 Å². The van der Waals surface area contributed by atoms with Crippen molar-refractivity contribution in [1.29, 1.82) is 0 Å². The Labute approximate surface area is 112 Å². The van der Waals surface area contributed by atoms with E-state index < -0.39 is 0 Å². The summed E-state index contributed by atoms with van der Waals surface area (Å²) in [5.41, 5.74) is 6.08. The average Bonchev–Trinajstić information content (AvgIpc) is 2.48. The van der Waals surface area contributed by atoms with Gasteiger partial charge in [-0.05, 0) is 11.6 Å². The highest BCUT2D eigenvalue weighted by molar-refractivity contribution is 5.65. The van der Waals surface area contributed by atoms with E-state index in [0.29, 0.717) is 11.4 Å². The summed E-state index contributed by atoms with van der Waals surface area (Å²) in [5.74, 6) is 0. The van der Waals surface area contributed by atoms with Crippen molar-refractivity contribution in [3.05, 3.63) is 60.9 Å². The van der Waals surface area contributed by atoms with Crippen LogP contribution in [0.5, 0.6) is 0 Å². The van der Waals surface area contributed by atoms with E-state index in [0.717, 1.165) is 11.1 Å². The molecule has 0 spiro atoms. The molecule has 0 aliphatic carbocycles. The lowest BCUT2D eigenvalue weighted by atomic mass is 10.1. The highest BCUT2D eigenvalue weighted by Gasteiger charge is 2.02. The first kappa shape index (κ1) is 13.3. The number of hydroxylamine groups is 1. The lowest BCUT2D eigenvalue weighted by Gasteiger charge is -2.09. The van der Waals surface area contributed by atoms with E-state index in [-0.39, 0.29) is 13.2 Å². The number of rotatable bonds is 6. The second-order valence-corrected chi connectivity index (χ2v) is 3.95. The summed E-state index contributed by atoms with van der Waals surface area (Å²) >= 11 is 0. The molecule has 2 aromatic rings. The molecule has 0 unspecified atom stereocenters. The van der Waals surface area contributed by atoms with Crippen molar-refractivity contribution < 1.29 is 9.94 Å². The molecule has 1 heterocycles. The van der Waals surface area contributed by atoms with Gasteiger partial charge >= 0.3 is 0 Å². The topological polar surface area (TPSA) is 54.4 Å². The first-order valence-corrected chi connectivity index (χ1v) is 6.00. The summed E-state index contributed by atoms with van der Waals surface area (Å²) in [6, 6.07) is 13.9. The molecule has 0 bridgehead atoms. The predicted octanol–water partition coefficient (Wildman–Crippen LogP) is 2.23. The molecule has 19 heavy (non-hydrogen) atoms. The number of aliphatic hydroxyl groups is 1. The fourth-order valence-corrected chi connectivity index (χ4v) is 1.61. The fourth-order valence-electron chi connectivity index (χ4n) is 1.61. The van der Waals surface area contributed by atoms with Crippen molar-refractivity contribution in [1.82, 2.24) is 10.5 Å². The van der Waals surface area contributed by atoms with E-state index >= 15 is 0 Å². The Balaban J connectivity index is 2.04. The van der Waals surface area contributed by atoms with Gasteiger partial charge in [-0.25, -0.2) is 0 Å². The number of hydrogen-bond acceptors (Lipinski definition) is 4. The van der Waals surface area contributed by atoms with E-state index in [2.05, 4.69) is 17.0 Å². The Morgan fingerprint density at radius 1 is 1.16 bits per heavy atom. The second-order valence-electron chi connectivity index (χ2n) is 3.95. The maximum Gasteiger partial charge on any atom is 0.0976 e. The monoisotopic (exact) mass is 256 g/mol. The van der Waals surface area contributed by atoms with Crippen molar-refractivity contribution in [3.8, 4) is 11.1 Å². The van der Waals surface area contributed by atoms with Crippen LogP contribution in [-0.4, -0.2) is 23.3 Å². The molecule has 0 atom stereocenters. The van der Waals surface area contributed by atoms with E-state index in [1.165, 1.54) is 0 Å². The van der Waals surface area contributed by atoms with Gasteiger partial charge in [-0.1, -0.05) is 43.0 Å². The van der Waals surface area contributed by atoms with Crippen LogP contribution in [0.25, 0.3) is 16.8 Å². The third-order valence-corrected chi connectivity index (χ3v) is 2.57. The van der Waals surface area contributed by atoms with Crippen LogP contribution >= 0.6 is 0 Å². The normalized spacial score (nSPS) is 10.2. The van der Waals surface area contributed by atoms with Gasteiger partial charge in [0, 0.05) is 11.8 Å². The number of aliphatic hydroxyl groups excluding tert-OH is 1. The SMILES string of the molecule is C=C(NOCCO)c1ccc(-c2ccccc2)cn1. The Morgan fingerprint density at radius 3 is 2.58 bits per heavy atom. The molecule has 0 saturated heterocycles. The number of pyridine rings is 1. The zero-order valence-electron chi connectivity index (χ0n) is 10.5. The van der Waals surface area contributed by atoms with Crippen molar-refractivity contribution in [3.63, 3.8) is 0 Å². The Hall–Kier alpha value is -2.17. The van der Waals surface area contributed by atoms with Gasteiger partial charge in [0.25, 0.3) is 0 Å². The third kappa shape index (κ3) is 3.64. The lowest BCUT2D eigenvalue weighted by Crippen LogP contribution is -2.15. The van der Waals surface area contributed by atoms with E-state index in [1.54, 1.807) is 6.20 Å². The number of nitrogens with one attached hydrogen (secondary N) is 1. The Morgan fingerprint density at radius 2 is 1.95 bits per heavy atom. The van der Waals surface area contributed by atoms with Gasteiger partial charge in [0.15, 0.2) is 0 Å². The molecule has 0 fully saturated rings. The third-order valence-electron chi connectivity index (χ3n) is 2.57. The Kier molecular flexibility index (Phi) is 4.66. The summed E-state index contributed by atoms with van der Waals surface area (Å²) in [7, 11) is 0. The van der Waals surface area contributed by atoms with Gasteiger partial charge in [-0.15, -0.1) is 0 Å². The minimum absolute atomic E-state index is 0.0410. The van der Waals surface area contributed by atoms with Gasteiger partial charge < -0.3 is 5.11 Å². The molecule has 1 aromatic heterocycles. The second kappa shape index (κ2) is 6.68. The maximum absolute atomic E-state index is 8.60. The summed E-state index contributed by atoms with van der Waals surface area (Å²) < 4.78 is 0. The van der Waals surface area contributed by atoms with Crippen molar-refractivity contribution >= 4 is 5.70 Å². The van der Waals surface area contributed by atoms with Crippen LogP contribution < -0.4 is 5.48 Å². The molecule has 4 heteroatoms. The van der Waals surface area contributed by atoms with E-state index in [9.17, 15) is 0 Å². The predicted molar refractivity (Wildman–Crippen MR) is 74.9 cm³/mol. The van der Waals surface area contributed by atoms with Crippen LogP contribution in [0.3, 0.4) is 0 Å². The number of nitrogens with zero attached hydrogens (tertiary/aromatic N) is 1. The highest BCUT2D eigenvalue weighted by atomic mass is 16.6. The van der Waals surface area contributed by atoms with E-state index in [1.807, 2.05) is 42.5 Å². The largest absolute Gasteiger partial charge is 0.394 e. The van der Waals surface area contributed by atoms with Gasteiger partial charge in [-0.2, -0.15) is 0 Å². The van der Waals surface area contributed by atoms with Crippen molar-refractivity contribution in [2.75, 3.05) is 13.2 Å². The minimum atomic E-state index is -0.0410. The molecule has 0 radical (unpaired) electrons. The van der Waals surface area contributed by atoms with Crippen LogP contribution in [0.2, 0.25) is 0 Å². The average molecular weight is 256 g/mol. The lowest BCUT2D eigenvalue weighted by molar-refractivity contribution is 0.0480. The van der Waals surface area contributed by atoms with Crippen LogP contribution in [0.15, 0.2) is 55.2 Å². The van der Waals surface area contributed by atoms with Crippen LogP contribution in [0.4, 0.5) is 0 Å². The zero-order chi connectivity index (χ0) is 13.5. The molecule has 0 amide bonds. The number of aromatic nitrogens is 1. The summed E-state index contributed by atoms with van der Waals surface area (Å²) in [5, 5.41) is 8.60. The molecular weight excluding hydrogens is 240 g/mol. The van der Waals surface area contributed by atoms with Crippen LogP contribution in [-0.2, 0) is 4.84 Å². The van der Waals surface area contributed by atoms with Crippen LogP contribution in [0, 0.1) is 0 Å². The summed E-state index contributed by atoms with van der Waals surface area (Å²) in [6.45, 7) is 3.99. The molecule has 4 nitrogen and oxygen atoms in total.